The number of carbonyl (C=O) groups excluding carboxylic acids is 2. The van der Waals surface area contributed by atoms with E-state index in [1.807, 2.05) is 0 Å². The second-order valence-electron chi connectivity index (χ2n) is 7.34. The highest BCUT2D eigenvalue weighted by atomic mass is 16.5. The third kappa shape index (κ3) is 3.43. The lowest BCUT2D eigenvalue weighted by molar-refractivity contribution is -0.117. The van der Waals surface area contributed by atoms with E-state index in [9.17, 15) is 9.59 Å². The molecule has 0 saturated heterocycles. The van der Waals surface area contributed by atoms with Crippen LogP contribution in [0.4, 0.5) is 11.6 Å². The van der Waals surface area contributed by atoms with Crippen LogP contribution in [0, 0.1) is 5.92 Å². The summed E-state index contributed by atoms with van der Waals surface area (Å²) in [6.07, 6.45) is 5.15. The van der Waals surface area contributed by atoms with Crippen LogP contribution in [0.1, 0.15) is 23.2 Å². The fourth-order valence-corrected chi connectivity index (χ4v) is 3.43. The highest BCUT2D eigenvalue weighted by Gasteiger charge is 2.30. The molecule has 3 aromatic heterocycles. The number of benzene rings is 1. The Bertz CT molecular complexity index is 1340. The number of nitrogens with zero attached hydrogens (tertiary/aromatic N) is 3. The van der Waals surface area contributed by atoms with Gasteiger partial charge in [-0.2, -0.15) is 0 Å². The Hall–Kier alpha value is -4.01. The molecule has 156 valence electrons. The molecule has 4 aromatic rings. The second-order valence-corrected chi connectivity index (χ2v) is 7.34. The van der Waals surface area contributed by atoms with Crippen molar-refractivity contribution < 1.29 is 18.7 Å². The molecule has 0 unspecified atom stereocenters. The number of methoxy groups -OCH3 is 1. The molecule has 0 atom stereocenters. The molecule has 9 heteroatoms. The summed E-state index contributed by atoms with van der Waals surface area (Å²) in [6.45, 7) is 0. The van der Waals surface area contributed by atoms with Crippen molar-refractivity contribution in [3.63, 3.8) is 0 Å². The predicted octanol–water partition coefficient (Wildman–Crippen LogP) is 3.61. The smallest absolute Gasteiger partial charge is 0.337 e. The molecule has 0 bridgehead atoms. The minimum atomic E-state index is -0.445. The summed E-state index contributed by atoms with van der Waals surface area (Å²) < 4.78 is 10.7. The highest BCUT2D eigenvalue weighted by Crippen LogP contribution is 2.35. The fourth-order valence-electron chi connectivity index (χ4n) is 3.43. The number of pyridine rings is 2. The molecule has 5 rings (SSSR count). The van der Waals surface area contributed by atoms with Crippen molar-refractivity contribution in [3.8, 4) is 11.5 Å². The van der Waals surface area contributed by atoms with E-state index < -0.39 is 5.97 Å². The van der Waals surface area contributed by atoms with Gasteiger partial charge in [0.05, 0.1) is 18.2 Å². The lowest BCUT2D eigenvalue weighted by Crippen LogP contribution is -2.14. The van der Waals surface area contributed by atoms with E-state index >= 15 is 0 Å². The highest BCUT2D eigenvalue weighted by molar-refractivity contribution is 6.03. The van der Waals surface area contributed by atoms with Crippen molar-refractivity contribution in [1.82, 2.24) is 15.0 Å². The van der Waals surface area contributed by atoms with Gasteiger partial charge in [-0.05, 0) is 37.1 Å². The summed E-state index contributed by atoms with van der Waals surface area (Å²) in [5, 5.41) is 7.46. The Morgan fingerprint density at radius 1 is 1.13 bits per heavy atom. The van der Waals surface area contributed by atoms with Crippen LogP contribution in [0.25, 0.3) is 33.3 Å². The van der Waals surface area contributed by atoms with Crippen molar-refractivity contribution in [1.29, 1.82) is 0 Å². The molecule has 0 aliphatic heterocycles. The van der Waals surface area contributed by atoms with Gasteiger partial charge in [0.15, 0.2) is 5.58 Å². The van der Waals surface area contributed by atoms with Crippen LogP contribution in [0.5, 0.6) is 0 Å². The van der Waals surface area contributed by atoms with Crippen LogP contribution >= 0.6 is 0 Å². The van der Waals surface area contributed by atoms with Gasteiger partial charge in [-0.1, -0.05) is 0 Å². The molecule has 1 saturated carbocycles. The van der Waals surface area contributed by atoms with Crippen molar-refractivity contribution in [2.75, 3.05) is 24.8 Å². The fraction of sp³-hybridized carbons (Fsp3) is 0.227. The minimum absolute atomic E-state index is 0.0199. The van der Waals surface area contributed by atoms with E-state index in [0.29, 0.717) is 39.8 Å². The first-order chi connectivity index (χ1) is 15.1. The van der Waals surface area contributed by atoms with Gasteiger partial charge in [0.2, 0.25) is 11.8 Å². The zero-order valence-electron chi connectivity index (χ0n) is 16.9. The van der Waals surface area contributed by atoms with Gasteiger partial charge >= 0.3 is 5.97 Å². The number of rotatable bonds is 5. The average molecular weight is 417 g/mol. The SMILES string of the molecule is CNc1ncc(-c2nc3cc(C(=O)OC)ccc3o2)c2cc(NC(=O)C3CC3)ncc12. The lowest BCUT2D eigenvalue weighted by atomic mass is 10.1. The first-order valence-electron chi connectivity index (χ1n) is 9.84. The van der Waals surface area contributed by atoms with E-state index in [1.165, 1.54) is 7.11 Å². The van der Waals surface area contributed by atoms with Crippen molar-refractivity contribution in [2.24, 2.45) is 5.92 Å². The Labute approximate surface area is 176 Å². The summed E-state index contributed by atoms with van der Waals surface area (Å²) >= 11 is 0. The Morgan fingerprint density at radius 2 is 1.97 bits per heavy atom. The molecule has 9 nitrogen and oxygen atoms in total. The summed E-state index contributed by atoms with van der Waals surface area (Å²) in [4.78, 5) is 37.4. The van der Waals surface area contributed by atoms with Crippen LogP contribution in [0.3, 0.4) is 0 Å². The molecule has 1 amide bonds. The summed E-state index contributed by atoms with van der Waals surface area (Å²) in [7, 11) is 3.10. The lowest BCUT2D eigenvalue weighted by Gasteiger charge is -2.10. The first kappa shape index (κ1) is 19.0. The van der Waals surface area contributed by atoms with Gasteiger partial charge < -0.3 is 19.8 Å². The Balaban J connectivity index is 1.62. The molecule has 31 heavy (non-hydrogen) atoms. The number of nitrogens with one attached hydrogen (secondary N) is 2. The number of anilines is 2. The standard InChI is InChI=1S/C22H19N5O4/c1-23-19-14-9-24-18(27-20(28)11-3-4-11)8-13(14)15(10-25-19)21-26-16-7-12(22(29)30-2)5-6-17(16)31-21/h5-11H,3-4H2,1-2H3,(H,23,25)(H,24,27,28). The summed E-state index contributed by atoms with van der Waals surface area (Å²) in [5.74, 6) is 1.07. The zero-order chi connectivity index (χ0) is 21.5. The van der Waals surface area contributed by atoms with Gasteiger partial charge in [-0.3, -0.25) is 4.79 Å². The van der Waals surface area contributed by atoms with E-state index in [-0.39, 0.29) is 11.8 Å². The molecule has 1 aliphatic carbocycles. The molecule has 0 spiro atoms. The van der Waals surface area contributed by atoms with E-state index in [0.717, 1.165) is 23.6 Å². The number of fused-ring (bicyclic) bond motifs is 2. The van der Waals surface area contributed by atoms with Gasteiger partial charge in [0.25, 0.3) is 0 Å². The number of ether oxygens (including phenoxy) is 1. The topological polar surface area (TPSA) is 119 Å². The Morgan fingerprint density at radius 3 is 2.71 bits per heavy atom. The molecule has 1 aliphatic rings. The number of amides is 1. The molecular weight excluding hydrogens is 398 g/mol. The molecule has 0 radical (unpaired) electrons. The quantitative estimate of drug-likeness (QED) is 0.473. The normalized spacial score (nSPS) is 13.4. The zero-order valence-corrected chi connectivity index (χ0v) is 16.9. The number of oxazole rings is 1. The predicted molar refractivity (Wildman–Crippen MR) is 115 cm³/mol. The van der Waals surface area contributed by atoms with Gasteiger partial charge in [0.1, 0.15) is 17.2 Å². The second kappa shape index (κ2) is 7.35. The van der Waals surface area contributed by atoms with Gasteiger partial charge in [-0.25, -0.2) is 19.7 Å². The molecular formula is C22H19N5O4. The van der Waals surface area contributed by atoms with Crippen LogP contribution in [0.2, 0.25) is 0 Å². The number of hydrogen-bond acceptors (Lipinski definition) is 8. The maximum atomic E-state index is 12.2. The average Bonchev–Trinajstić information content (AvgIpc) is 3.56. The number of hydrogen-bond donors (Lipinski definition) is 2. The van der Waals surface area contributed by atoms with Gasteiger partial charge in [-0.15, -0.1) is 0 Å². The van der Waals surface area contributed by atoms with Crippen LogP contribution in [-0.4, -0.2) is 41.0 Å². The van der Waals surface area contributed by atoms with Crippen molar-refractivity contribution in [2.45, 2.75) is 12.8 Å². The number of esters is 1. The largest absolute Gasteiger partial charge is 0.465 e. The van der Waals surface area contributed by atoms with E-state index in [1.54, 1.807) is 43.7 Å². The third-order valence-corrected chi connectivity index (χ3v) is 5.25. The molecule has 3 heterocycles. The summed E-state index contributed by atoms with van der Waals surface area (Å²) in [6, 6.07) is 6.72. The van der Waals surface area contributed by atoms with Crippen LogP contribution in [0.15, 0.2) is 41.1 Å². The molecule has 2 N–H and O–H groups in total. The number of carbonyl (C=O) groups is 2. The van der Waals surface area contributed by atoms with E-state index in [4.69, 9.17) is 9.15 Å². The number of aromatic nitrogens is 3. The monoisotopic (exact) mass is 417 g/mol. The van der Waals surface area contributed by atoms with Crippen molar-refractivity contribution in [3.05, 3.63) is 42.2 Å². The first-order valence-corrected chi connectivity index (χ1v) is 9.84. The maximum Gasteiger partial charge on any atom is 0.337 e. The summed E-state index contributed by atoms with van der Waals surface area (Å²) in [5.41, 5.74) is 2.09. The molecule has 1 fully saturated rings. The Kier molecular flexibility index (Phi) is 4.50. The van der Waals surface area contributed by atoms with E-state index in [2.05, 4.69) is 25.6 Å². The van der Waals surface area contributed by atoms with Gasteiger partial charge in [0, 0.05) is 36.1 Å². The van der Waals surface area contributed by atoms with Crippen molar-refractivity contribution >= 4 is 45.4 Å². The van der Waals surface area contributed by atoms with Crippen LogP contribution in [-0.2, 0) is 9.53 Å². The third-order valence-electron chi connectivity index (χ3n) is 5.25. The molecule has 1 aromatic carbocycles. The minimum Gasteiger partial charge on any atom is -0.465 e. The maximum absolute atomic E-state index is 12.2. The van der Waals surface area contributed by atoms with Crippen LogP contribution < -0.4 is 10.6 Å².